The van der Waals surface area contributed by atoms with Crippen LogP contribution in [0, 0.1) is 6.92 Å². The maximum atomic E-state index is 5.93. The van der Waals surface area contributed by atoms with Crippen LogP contribution in [0.5, 0.6) is 0 Å². The summed E-state index contributed by atoms with van der Waals surface area (Å²) in [6.45, 7) is 8.43. The molecule has 3 rings (SSSR count). The first-order valence-electron chi connectivity index (χ1n) is 8.43. The highest BCUT2D eigenvalue weighted by Crippen LogP contribution is 2.31. The Balaban J connectivity index is 1.70. The van der Waals surface area contributed by atoms with Crippen molar-refractivity contribution in [3.8, 4) is 0 Å². The molecule has 0 spiro atoms. The van der Waals surface area contributed by atoms with Gasteiger partial charge in [0.15, 0.2) is 0 Å². The fourth-order valence-electron chi connectivity index (χ4n) is 3.80. The summed E-state index contributed by atoms with van der Waals surface area (Å²) in [5.74, 6) is 0. The van der Waals surface area contributed by atoms with Gasteiger partial charge in [-0.15, -0.1) is 0 Å². The zero-order valence-corrected chi connectivity index (χ0v) is 13.3. The van der Waals surface area contributed by atoms with Gasteiger partial charge in [-0.05, 0) is 38.3 Å². The summed E-state index contributed by atoms with van der Waals surface area (Å²) < 4.78 is 5.93. The lowest BCUT2D eigenvalue weighted by molar-refractivity contribution is -0.0582. The van der Waals surface area contributed by atoms with Crippen LogP contribution in [-0.2, 0) is 4.74 Å². The second-order valence-electron chi connectivity index (χ2n) is 6.42. The lowest BCUT2D eigenvalue weighted by atomic mass is 10.0. The third kappa shape index (κ3) is 3.47. The van der Waals surface area contributed by atoms with Crippen LogP contribution < -0.4 is 5.32 Å². The van der Waals surface area contributed by atoms with Gasteiger partial charge in [-0.3, -0.25) is 4.90 Å². The summed E-state index contributed by atoms with van der Waals surface area (Å²) in [4.78, 5) is 2.66. The van der Waals surface area contributed by atoms with Crippen molar-refractivity contribution < 1.29 is 4.74 Å². The Hall–Kier alpha value is -0.900. The van der Waals surface area contributed by atoms with E-state index in [2.05, 4.69) is 48.3 Å². The van der Waals surface area contributed by atoms with E-state index in [1.807, 2.05) is 0 Å². The van der Waals surface area contributed by atoms with Gasteiger partial charge < -0.3 is 10.1 Å². The van der Waals surface area contributed by atoms with Crippen LogP contribution in [0.3, 0.4) is 0 Å². The fourth-order valence-corrected chi connectivity index (χ4v) is 3.80. The molecule has 0 amide bonds. The molecule has 2 fully saturated rings. The van der Waals surface area contributed by atoms with Crippen molar-refractivity contribution in [3.05, 3.63) is 35.4 Å². The van der Waals surface area contributed by atoms with E-state index in [4.69, 9.17) is 4.74 Å². The Labute approximate surface area is 128 Å². The van der Waals surface area contributed by atoms with Crippen molar-refractivity contribution in [2.24, 2.45) is 0 Å². The standard InChI is InChI=1S/C18H28N2O/c1-3-19-16(15-9-7-14(2)8-10-15)13-20-11-12-21-18-6-4-5-17(18)20/h7-10,16-19H,3-6,11-13H2,1-2H3. The Morgan fingerprint density at radius 3 is 2.86 bits per heavy atom. The summed E-state index contributed by atoms with van der Waals surface area (Å²) in [6, 6.07) is 10.1. The Morgan fingerprint density at radius 1 is 1.29 bits per heavy atom. The number of morpholine rings is 1. The molecule has 0 radical (unpaired) electrons. The minimum absolute atomic E-state index is 0.426. The maximum absolute atomic E-state index is 5.93. The Morgan fingerprint density at radius 2 is 2.10 bits per heavy atom. The number of hydrogen-bond donors (Lipinski definition) is 1. The lowest BCUT2D eigenvalue weighted by Gasteiger charge is -2.39. The molecule has 1 saturated heterocycles. The highest BCUT2D eigenvalue weighted by atomic mass is 16.5. The molecule has 3 heteroatoms. The molecule has 3 unspecified atom stereocenters. The van der Waals surface area contributed by atoms with Crippen LogP contribution in [-0.4, -0.2) is 43.3 Å². The number of ether oxygens (including phenoxy) is 1. The van der Waals surface area contributed by atoms with E-state index in [1.165, 1.54) is 30.4 Å². The third-order valence-electron chi connectivity index (χ3n) is 4.94. The van der Waals surface area contributed by atoms with Gasteiger partial charge in [0.25, 0.3) is 0 Å². The van der Waals surface area contributed by atoms with Crippen LogP contribution >= 0.6 is 0 Å². The SMILES string of the molecule is CCNC(CN1CCOC2CCCC21)c1ccc(C)cc1. The number of benzene rings is 1. The average molecular weight is 288 g/mol. The topological polar surface area (TPSA) is 24.5 Å². The number of likely N-dealkylation sites (N-methyl/N-ethyl adjacent to an activating group) is 1. The quantitative estimate of drug-likeness (QED) is 0.901. The van der Waals surface area contributed by atoms with Crippen LogP contribution in [0.15, 0.2) is 24.3 Å². The molecule has 1 aliphatic heterocycles. The normalized spacial score (nSPS) is 27.5. The van der Waals surface area contributed by atoms with Gasteiger partial charge >= 0.3 is 0 Å². The first-order chi connectivity index (χ1) is 10.3. The van der Waals surface area contributed by atoms with E-state index in [0.29, 0.717) is 18.2 Å². The van der Waals surface area contributed by atoms with Gasteiger partial charge in [0.1, 0.15) is 0 Å². The van der Waals surface area contributed by atoms with Gasteiger partial charge in [0, 0.05) is 25.2 Å². The van der Waals surface area contributed by atoms with Gasteiger partial charge in [-0.2, -0.15) is 0 Å². The molecule has 1 N–H and O–H groups in total. The highest BCUT2D eigenvalue weighted by Gasteiger charge is 2.36. The fraction of sp³-hybridized carbons (Fsp3) is 0.667. The van der Waals surface area contributed by atoms with Crippen molar-refractivity contribution >= 4 is 0 Å². The largest absolute Gasteiger partial charge is 0.375 e. The number of fused-ring (bicyclic) bond motifs is 1. The number of rotatable bonds is 5. The van der Waals surface area contributed by atoms with Gasteiger partial charge in [-0.25, -0.2) is 0 Å². The van der Waals surface area contributed by atoms with Crippen LogP contribution in [0.25, 0.3) is 0 Å². The van der Waals surface area contributed by atoms with Gasteiger partial charge in [0.05, 0.1) is 12.7 Å². The molecule has 21 heavy (non-hydrogen) atoms. The summed E-state index contributed by atoms with van der Waals surface area (Å²) in [5, 5.41) is 3.66. The molecule has 0 aromatic heterocycles. The minimum atomic E-state index is 0.426. The van der Waals surface area contributed by atoms with Crippen molar-refractivity contribution in [2.75, 3.05) is 26.2 Å². The van der Waals surface area contributed by atoms with Crippen LogP contribution in [0.2, 0.25) is 0 Å². The number of aryl methyl sites for hydroxylation is 1. The second kappa shape index (κ2) is 6.91. The Bertz CT molecular complexity index is 445. The molecule has 2 aliphatic rings. The van der Waals surface area contributed by atoms with Crippen LogP contribution in [0.1, 0.15) is 43.4 Å². The number of nitrogens with one attached hydrogen (secondary N) is 1. The van der Waals surface area contributed by atoms with Crippen LogP contribution in [0.4, 0.5) is 0 Å². The molecule has 3 atom stereocenters. The molecule has 1 saturated carbocycles. The molecule has 1 aromatic carbocycles. The third-order valence-corrected chi connectivity index (χ3v) is 4.94. The van der Waals surface area contributed by atoms with Gasteiger partial charge in [0.2, 0.25) is 0 Å². The van der Waals surface area contributed by atoms with E-state index in [1.54, 1.807) is 0 Å². The lowest BCUT2D eigenvalue weighted by Crippen LogP contribution is -2.51. The van der Waals surface area contributed by atoms with Crippen molar-refractivity contribution in [3.63, 3.8) is 0 Å². The number of nitrogens with zero attached hydrogens (tertiary/aromatic N) is 1. The second-order valence-corrected chi connectivity index (χ2v) is 6.42. The highest BCUT2D eigenvalue weighted by molar-refractivity contribution is 5.24. The summed E-state index contributed by atoms with van der Waals surface area (Å²) in [7, 11) is 0. The van der Waals surface area contributed by atoms with Crippen molar-refractivity contribution in [1.29, 1.82) is 0 Å². The molecule has 0 bridgehead atoms. The van der Waals surface area contributed by atoms with E-state index in [0.717, 1.165) is 26.2 Å². The molecule has 116 valence electrons. The predicted octanol–water partition coefficient (Wildman–Crippen LogP) is 2.90. The first-order valence-corrected chi connectivity index (χ1v) is 8.43. The van der Waals surface area contributed by atoms with Crippen molar-refractivity contribution in [1.82, 2.24) is 10.2 Å². The predicted molar refractivity (Wildman–Crippen MR) is 86.5 cm³/mol. The molecular formula is C18H28N2O. The zero-order chi connectivity index (χ0) is 14.7. The van der Waals surface area contributed by atoms with E-state index >= 15 is 0 Å². The smallest absolute Gasteiger partial charge is 0.0730 e. The average Bonchev–Trinajstić information content (AvgIpc) is 2.97. The zero-order valence-electron chi connectivity index (χ0n) is 13.3. The maximum Gasteiger partial charge on any atom is 0.0730 e. The van der Waals surface area contributed by atoms with Gasteiger partial charge in [-0.1, -0.05) is 36.8 Å². The molecule has 3 nitrogen and oxygen atoms in total. The summed E-state index contributed by atoms with van der Waals surface area (Å²) >= 11 is 0. The molecule has 1 aromatic rings. The van der Waals surface area contributed by atoms with E-state index in [-0.39, 0.29) is 0 Å². The molecule has 1 aliphatic carbocycles. The Kier molecular flexibility index (Phi) is 4.94. The monoisotopic (exact) mass is 288 g/mol. The number of hydrogen-bond acceptors (Lipinski definition) is 3. The van der Waals surface area contributed by atoms with E-state index < -0.39 is 0 Å². The van der Waals surface area contributed by atoms with E-state index in [9.17, 15) is 0 Å². The minimum Gasteiger partial charge on any atom is -0.375 e. The summed E-state index contributed by atoms with van der Waals surface area (Å²) in [5.41, 5.74) is 2.74. The first kappa shape index (κ1) is 15.0. The molecule has 1 heterocycles. The molecular weight excluding hydrogens is 260 g/mol. The van der Waals surface area contributed by atoms with Crippen molar-refractivity contribution in [2.45, 2.75) is 51.3 Å². The summed E-state index contributed by atoms with van der Waals surface area (Å²) in [6.07, 6.45) is 4.36.